The summed E-state index contributed by atoms with van der Waals surface area (Å²) < 4.78 is 21.7. The van der Waals surface area contributed by atoms with Crippen LogP contribution in [0.4, 0.5) is 4.79 Å². The highest BCUT2D eigenvalue weighted by molar-refractivity contribution is 5.92. The lowest BCUT2D eigenvalue weighted by Gasteiger charge is -2.29. The maximum atomic E-state index is 13.8. The van der Waals surface area contributed by atoms with Crippen molar-refractivity contribution in [1.82, 2.24) is 10.6 Å². The van der Waals surface area contributed by atoms with Crippen LogP contribution in [0.1, 0.15) is 73.3 Å². The van der Waals surface area contributed by atoms with Crippen LogP contribution in [-0.4, -0.2) is 63.7 Å². The van der Waals surface area contributed by atoms with E-state index in [2.05, 4.69) is 31.1 Å². The number of alkyl carbamates (subject to hydrolysis) is 1. The molecule has 0 aromatic heterocycles. The molecule has 1 aromatic rings. The van der Waals surface area contributed by atoms with Gasteiger partial charge in [0.05, 0.1) is 30.9 Å². The fourth-order valence-corrected chi connectivity index (χ4v) is 4.66. The minimum atomic E-state index is -0.946. The molecule has 0 fully saturated rings. The Kier molecular flexibility index (Phi) is 16.7. The minimum absolute atomic E-state index is 0.0264. The molecule has 11 nitrogen and oxygen atoms in total. The number of primary amides is 1. The van der Waals surface area contributed by atoms with Gasteiger partial charge in [0.2, 0.25) is 11.8 Å². The van der Waals surface area contributed by atoms with Gasteiger partial charge in [0.25, 0.3) is 0 Å². The van der Waals surface area contributed by atoms with E-state index in [1.165, 1.54) is 0 Å². The Morgan fingerprint density at radius 2 is 1.67 bits per heavy atom. The molecule has 0 unspecified atom stereocenters. The molecule has 11 heteroatoms. The number of nitrogens with one attached hydrogen (secondary N) is 2. The topological polar surface area (TPSA) is 155 Å². The number of hydrogen-bond donors (Lipinski definition) is 3. The third kappa shape index (κ3) is 13.9. The fraction of sp³-hybridized carbons (Fsp3) is 0.647. The number of carbonyl (C=O) groups is 4. The van der Waals surface area contributed by atoms with Crippen LogP contribution in [0.15, 0.2) is 30.5 Å². The molecule has 0 aliphatic rings. The predicted octanol–water partition coefficient (Wildman–Crippen LogP) is 4.80. The number of nitrogens with two attached hydrogens (primary N) is 1. The SMILES string of the molecule is C=C(C)OC(=O)N[C@@H](C[C@H](Cc1ccc(OC)c(OCCCOC)c1)C(C)C)C(=O)C[C@H](C(=O)NCC(C)(C)C(N)=O)C(C)C. The van der Waals surface area contributed by atoms with E-state index in [9.17, 15) is 19.2 Å². The normalized spacial score (nSPS) is 13.5. The first-order chi connectivity index (χ1) is 21.0. The van der Waals surface area contributed by atoms with Crippen molar-refractivity contribution in [2.24, 2.45) is 34.8 Å². The molecule has 0 aliphatic heterocycles. The zero-order valence-corrected chi connectivity index (χ0v) is 28.6. The highest BCUT2D eigenvalue weighted by Gasteiger charge is 2.33. The summed E-state index contributed by atoms with van der Waals surface area (Å²) in [4.78, 5) is 51.4. The smallest absolute Gasteiger partial charge is 0.412 e. The summed E-state index contributed by atoms with van der Waals surface area (Å²) in [5, 5.41) is 5.50. The van der Waals surface area contributed by atoms with Gasteiger partial charge < -0.3 is 35.3 Å². The van der Waals surface area contributed by atoms with Crippen LogP contribution in [-0.2, 0) is 30.3 Å². The second-order valence-corrected chi connectivity index (χ2v) is 12.9. The van der Waals surface area contributed by atoms with Crippen molar-refractivity contribution in [3.63, 3.8) is 0 Å². The van der Waals surface area contributed by atoms with Crippen LogP contribution in [0.2, 0.25) is 0 Å². The van der Waals surface area contributed by atoms with E-state index >= 15 is 0 Å². The van der Waals surface area contributed by atoms with Gasteiger partial charge in [0.15, 0.2) is 17.3 Å². The Labute approximate surface area is 269 Å². The van der Waals surface area contributed by atoms with Gasteiger partial charge in [-0.05, 0) is 69.1 Å². The van der Waals surface area contributed by atoms with E-state index in [0.29, 0.717) is 37.6 Å². The second kappa shape index (κ2) is 19.0. The van der Waals surface area contributed by atoms with E-state index in [0.717, 1.165) is 12.0 Å². The third-order valence-electron chi connectivity index (χ3n) is 7.84. The number of hydrogen-bond acceptors (Lipinski definition) is 8. The van der Waals surface area contributed by atoms with Crippen LogP contribution in [0.25, 0.3) is 0 Å². The maximum Gasteiger partial charge on any atom is 0.412 e. The fourth-order valence-electron chi connectivity index (χ4n) is 4.66. The van der Waals surface area contributed by atoms with Crippen molar-refractivity contribution in [2.75, 3.05) is 34.0 Å². The minimum Gasteiger partial charge on any atom is -0.493 e. The molecule has 3 atom stereocenters. The first-order valence-electron chi connectivity index (χ1n) is 15.5. The lowest BCUT2D eigenvalue weighted by atomic mass is 9.81. The zero-order valence-electron chi connectivity index (χ0n) is 28.6. The molecule has 3 amide bonds. The van der Waals surface area contributed by atoms with Crippen molar-refractivity contribution in [2.45, 2.75) is 80.2 Å². The van der Waals surface area contributed by atoms with E-state index in [4.69, 9.17) is 24.7 Å². The average Bonchev–Trinajstić information content (AvgIpc) is 2.95. The summed E-state index contributed by atoms with van der Waals surface area (Å²) in [6.45, 7) is 17.4. The van der Waals surface area contributed by atoms with Gasteiger partial charge in [-0.3, -0.25) is 14.4 Å². The number of rotatable bonds is 21. The summed E-state index contributed by atoms with van der Waals surface area (Å²) in [5.74, 6) is -0.508. The number of carbonyl (C=O) groups excluding carboxylic acids is 4. The van der Waals surface area contributed by atoms with Crippen LogP contribution < -0.4 is 25.8 Å². The summed E-state index contributed by atoms with van der Waals surface area (Å²) >= 11 is 0. The molecule has 1 rings (SSSR count). The molecule has 0 aliphatic carbocycles. The monoisotopic (exact) mass is 633 g/mol. The molecule has 0 saturated heterocycles. The van der Waals surface area contributed by atoms with Gasteiger partial charge in [0.1, 0.15) is 0 Å². The molecule has 0 radical (unpaired) electrons. The van der Waals surface area contributed by atoms with Crippen molar-refractivity contribution in [1.29, 1.82) is 0 Å². The molecule has 254 valence electrons. The van der Waals surface area contributed by atoms with Crippen molar-refractivity contribution in [3.05, 3.63) is 36.1 Å². The first-order valence-corrected chi connectivity index (χ1v) is 15.5. The van der Waals surface area contributed by atoms with Gasteiger partial charge in [-0.2, -0.15) is 0 Å². The van der Waals surface area contributed by atoms with E-state index in [1.54, 1.807) is 35.0 Å². The van der Waals surface area contributed by atoms with Gasteiger partial charge in [-0.15, -0.1) is 0 Å². The summed E-state index contributed by atoms with van der Waals surface area (Å²) in [6, 6.07) is 4.84. The number of benzene rings is 1. The van der Waals surface area contributed by atoms with Crippen molar-refractivity contribution < 1.29 is 38.1 Å². The molecule has 4 N–H and O–H groups in total. The summed E-state index contributed by atoms with van der Waals surface area (Å²) in [5.41, 5.74) is 5.50. The highest BCUT2D eigenvalue weighted by Crippen LogP contribution is 2.32. The second-order valence-electron chi connectivity index (χ2n) is 12.9. The number of allylic oxidation sites excluding steroid dienone is 1. The average molecular weight is 634 g/mol. The number of amides is 3. The van der Waals surface area contributed by atoms with Crippen LogP contribution in [0.3, 0.4) is 0 Å². The van der Waals surface area contributed by atoms with Crippen LogP contribution in [0, 0.1) is 29.1 Å². The molecular weight excluding hydrogens is 578 g/mol. The number of methoxy groups -OCH3 is 2. The largest absolute Gasteiger partial charge is 0.493 e. The summed E-state index contributed by atoms with van der Waals surface area (Å²) in [6.07, 6.45) is 0.762. The molecule has 0 saturated carbocycles. The molecule has 45 heavy (non-hydrogen) atoms. The van der Waals surface area contributed by atoms with E-state index in [1.807, 2.05) is 32.0 Å². The quantitative estimate of drug-likeness (QED) is 0.129. The highest BCUT2D eigenvalue weighted by atomic mass is 16.6. The van der Waals surface area contributed by atoms with E-state index in [-0.39, 0.29) is 48.2 Å². The lowest BCUT2D eigenvalue weighted by Crippen LogP contribution is -2.47. The van der Waals surface area contributed by atoms with Crippen LogP contribution >= 0.6 is 0 Å². The zero-order chi connectivity index (χ0) is 34.3. The molecule has 0 heterocycles. The Morgan fingerprint density at radius 3 is 2.20 bits per heavy atom. The Balaban J connectivity index is 3.23. The Morgan fingerprint density at radius 1 is 1.00 bits per heavy atom. The van der Waals surface area contributed by atoms with Gasteiger partial charge >= 0.3 is 6.09 Å². The van der Waals surface area contributed by atoms with Gasteiger partial charge in [-0.1, -0.05) is 40.3 Å². The maximum absolute atomic E-state index is 13.8. The molecule has 0 bridgehead atoms. The van der Waals surface area contributed by atoms with Crippen LogP contribution in [0.5, 0.6) is 11.5 Å². The van der Waals surface area contributed by atoms with Crippen molar-refractivity contribution >= 4 is 23.7 Å². The van der Waals surface area contributed by atoms with Gasteiger partial charge in [0, 0.05) is 39.0 Å². The number of Topliss-reactive ketones (excluding diaryl/α,β-unsaturated/α-hetero) is 1. The first kappa shape index (κ1) is 39.4. The van der Waals surface area contributed by atoms with Crippen molar-refractivity contribution in [3.8, 4) is 11.5 Å². The lowest BCUT2D eigenvalue weighted by molar-refractivity contribution is -0.133. The molecular formula is C34H55N3O8. The Hall–Kier alpha value is -3.60. The molecule has 1 aromatic carbocycles. The predicted molar refractivity (Wildman–Crippen MR) is 174 cm³/mol. The Bertz CT molecular complexity index is 1150. The number of ether oxygens (including phenoxy) is 4. The standard InChI is InChI=1S/C34H55N3O8/c1-21(2)25(16-24-12-13-29(43-10)30(17-24)44-15-11-14-42-9)18-27(37-33(41)45-23(5)6)28(38)19-26(22(3)4)31(39)36-20-34(7,8)32(35)40/h12-13,17,21-22,25-27H,5,11,14-16,18-20H2,1-4,6-10H3,(H2,35,40)(H,36,39)(H,37,41)/t25-,26-,27-/m0/s1. The van der Waals surface area contributed by atoms with E-state index < -0.39 is 29.4 Å². The summed E-state index contributed by atoms with van der Waals surface area (Å²) in [7, 11) is 3.23. The third-order valence-corrected chi connectivity index (χ3v) is 7.84. The van der Waals surface area contributed by atoms with Gasteiger partial charge in [-0.25, -0.2) is 4.79 Å². The number of ketones is 1. The molecule has 0 spiro atoms.